The van der Waals surface area contributed by atoms with Gasteiger partial charge in [0.1, 0.15) is 11.5 Å². The van der Waals surface area contributed by atoms with E-state index in [1.807, 2.05) is 0 Å². The first kappa shape index (κ1) is 11.3. The minimum absolute atomic E-state index is 0.0470. The molecular weight excluding hydrogens is 249 g/mol. The van der Waals surface area contributed by atoms with Crippen molar-refractivity contribution >= 4 is 11.6 Å². The second-order valence-corrected chi connectivity index (χ2v) is 3.93. The van der Waals surface area contributed by atoms with E-state index in [-0.39, 0.29) is 5.69 Å². The van der Waals surface area contributed by atoms with Gasteiger partial charge in [-0.3, -0.25) is 9.38 Å². The number of halogens is 1. The van der Waals surface area contributed by atoms with E-state index in [2.05, 4.69) is 9.97 Å². The summed E-state index contributed by atoms with van der Waals surface area (Å²) in [6.45, 7) is 0. The van der Waals surface area contributed by atoms with Crippen molar-refractivity contribution < 1.29 is 14.3 Å². The first-order valence-corrected chi connectivity index (χ1v) is 5.45. The Balaban J connectivity index is 2.33. The summed E-state index contributed by atoms with van der Waals surface area (Å²) < 4.78 is 14.6. The predicted molar refractivity (Wildman–Crippen MR) is 62.7 cm³/mol. The van der Waals surface area contributed by atoms with Crippen molar-refractivity contribution in [3.05, 3.63) is 54.4 Å². The molecule has 0 bridgehead atoms. The van der Waals surface area contributed by atoms with E-state index in [9.17, 15) is 14.3 Å². The minimum atomic E-state index is -1.32. The number of pyridine rings is 2. The quantitative estimate of drug-likeness (QED) is 0.683. The Morgan fingerprint density at radius 2 is 2.11 bits per heavy atom. The Morgan fingerprint density at radius 1 is 1.26 bits per heavy atom. The molecule has 0 aromatic carbocycles. The SMILES string of the molecule is O=C([O-])c1cccc2ncc(-c3cncc(F)c3)n12. The van der Waals surface area contributed by atoms with Crippen LogP contribution in [0.3, 0.4) is 0 Å². The molecule has 0 aliphatic heterocycles. The number of hydrogen-bond acceptors (Lipinski definition) is 4. The van der Waals surface area contributed by atoms with Crippen LogP contribution in [0.25, 0.3) is 16.9 Å². The summed E-state index contributed by atoms with van der Waals surface area (Å²) in [7, 11) is 0. The molecule has 0 saturated carbocycles. The van der Waals surface area contributed by atoms with E-state index in [0.717, 1.165) is 6.20 Å². The summed E-state index contributed by atoms with van der Waals surface area (Å²) in [5, 5.41) is 11.1. The number of nitrogens with zero attached hydrogens (tertiary/aromatic N) is 3. The Labute approximate surface area is 107 Å². The van der Waals surface area contributed by atoms with Crippen molar-refractivity contribution in [3.8, 4) is 11.3 Å². The van der Waals surface area contributed by atoms with Crippen LogP contribution in [0.5, 0.6) is 0 Å². The number of rotatable bonds is 2. The highest BCUT2D eigenvalue weighted by molar-refractivity contribution is 5.86. The molecule has 0 aliphatic rings. The first-order chi connectivity index (χ1) is 9.16. The van der Waals surface area contributed by atoms with Crippen molar-refractivity contribution in [1.82, 2.24) is 14.4 Å². The van der Waals surface area contributed by atoms with Gasteiger partial charge >= 0.3 is 0 Å². The summed E-state index contributed by atoms with van der Waals surface area (Å²) >= 11 is 0. The van der Waals surface area contributed by atoms with Crippen molar-refractivity contribution in [1.29, 1.82) is 0 Å². The zero-order valence-corrected chi connectivity index (χ0v) is 9.58. The van der Waals surface area contributed by atoms with E-state index in [0.29, 0.717) is 16.9 Å². The number of fused-ring (bicyclic) bond motifs is 1. The average Bonchev–Trinajstić information content (AvgIpc) is 2.82. The molecule has 0 fully saturated rings. The topological polar surface area (TPSA) is 70.3 Å². The molecule has 0 unspecified atom stereocenters. The van der Waals surface area contributed by atoms with E-state index in [1.54, 1.807) is 12.1 Å². The lowest BCUT2D eigenvalue weighted by Crippen LogP contribution is -2.25. The maximum atomic E-state index is 13.2. The van der Waals surface area contributed by atoms with Crippen LogP contribution >= 0.6 is 0 Å². The lowest BCUT2D eigenvalue weighted by molar-refractivity contribution is -0.255. The number of carboxylic acid groups (broad SMARTS) is 1. The van der Waals surface area contributed by atoms with Crippen molar-refractivity contribution in [2.24, 2.45) is 0 Å². The Hall–Kier alpha value is -2.76. The number of aromatic nitrogens is 3. The summed E-state index contributed by atoms with van der Waals surface area (Å²) in [5.74, 6) is -1.83. The summed E-state index contributed by atoms with van der Waals surface area (Å²) in [6.07, 6.45) is 3.99. The standard InChI is InChI=1S/C13H8FN3O2/c14-9-4-8(5-15-6-9)11-7-16-12-3-1-2-10(13(18)19)17(11)12/h1-7H,(H,18,19)/p-1. The van der Waals surface area contributed by atoms with Gasteiger partial charge < -0.3 is 9.90 Å². The largest absolute Gasteiger partial charge is 0.543 e. The molecule has 3 aromatic rings. The molecule has 0 spiro atoms. The molecule has 0 atom stereocenters. The minimum Gasteiger partial charge on any atom is -0.543 e. The highest BCUT2D eigenvalue weighted by Gasteiger charge is 2.10. The maximum Gasteiger partial charge on any atom is 0.142 e. The molecule has 0 radical (unpaired) electrons. The molecule has 0 aliphatic carbocycles. The van der Waals surface area contributed by atoms with Gasteiger partial charge in [-0.1, -0.05) is 6.07 Å². The normalized spacial score (nSPS) is 10.8. The average molecular weight is 256 g/mol. The molecule has 94 valence electrons. The van der Waals surface area contributed by atoms with Crippen LogP contribution in [-0.2, 0) is 0 Å². The molecule has 19 heavy (non-hydrogen) atoms. The van der Waals surface area contributed by atoms with Gasteiger partial charge in [-0.2, -0.15) is 0 Å². The van der Waals surface area contributed by atoms with Gasteiger partial charge in [-0.15, -0.1) is 0 Å². The van der Waals surface area contributed by atoms with Crippen molar-refractivity contribution in [3.63, 3.8) is 0 Å². The molecule has 0 amide bonds. The van der Waals surface area contributed by atoms with E-state index >= 15 is 0 Å². The smallest absolute Gasteiger partial charge is 0.142 e. The highest BCUT2D eigenvalue weighted by Crippen LogP contribution is 2.22. The molecule has 5 nitrogen and oxygen atoms in total. The zero-order chi connectivity index (χ0) is 13.4. The van der Waals surface area contributed by atoms with Crippen molar-refractivity contribution in [2.75, 3.05) is 0 Å². The third-order valence-corrected chi connectivity index (χ3v) is 2.74. The van der Waals surface area contributed by atoms with Gasteiger partial charge in [-0.05, 0) is 18.2 Å². The Bertz CT molecular complexity index is 782. The fourth-order valence-corrected chi connectivity index (χ4v) is 1.95. The number of aromatic carboxylic acids is 1. The van der Waals surface area contributed by atoms with Gasteiger partial charge in [0.2, 0.25) is 0 Å². The summed E-state index contributed by atoms with van der Waals surface area (Å²) in [4.78, 5) is 18.9. The van der Waals surface area contributed by atoms with Crippen LogP contribution in [0.2, 0.25) is 0 Å². The highest BCUT2D eigenvalue weighted by atomic mass is 19.1. The monoisotopic (exact) mass is 256 g/mol. The lowest BCUT2D eigenvalue weighted by Gasteiger charge is -2.09. The number of carboxylic acids is 1. The zero-order valence-electron chi connectivity index (χ0n) is 9.58. The van der Waals surface area contributed by atoms with Gasteiger partial charge in [-0.25, -0.2) is 9.37 Å². The van der Waals surface area contributed by atoms with E-state index in [4.69, 9.17) is 0 Å². The molecule has 6 heteroatoms. The number of imidazole rings is 1. The molecule has 0 N–H and O–H groups in total. The van der Waals surface area contributed by atoms with Crippen LogP contribution < -0.4 is 5.11 Å². The summed E-state index contributed by atoms with van der Waals surface area (Å²) in [6, 6.07) is 5.90. The third-order valence-electron chi connectivity index (χ3n) is 2.74. The Kier molecular flexibility index (Phi) is 2.49. The Morgan fingerprint density at radius 3 is 2.84 bits per heavy atom. The lowest BCUT2D eigenvalue weighted by atomic mass is 10.2. The molecular formula is C13H7FN3O2-. The van der Waals surface area contributed by atoms with Crippen LogP contribution in [0, 0.1) is 5.82 Å². The van der Waals surface area contributed by atoms with E-state index in [1.165, 1.54) is 28.9 Å². The van der Waals surface area contributed by atoms with Crippen LogP contribution in [-0.4, -0.2) is 20.3 Å². The predicted octanol–water partition coefficient (Wildman–Crippen LogP) is 0.899. The second-order valence-electron chi connectivity index (χ2n) is 3.93. The van der Waals surface area contributed by atoms with E-state index < -0.39 is 11.8 Å². The fraction of sp³-hybridized carbons (Fsp3) is 0. The van der Waals surface area contributed by atoms with Gasteiger partial charge in [0, 0.05) is 11.8 Å². The van der Waals surface area contributed by atoms with Gasteiger partial charge in [0.15, 0.2) is 0 Å². The molecule has 0 saturated heterocycles. The molecule has 3 rings (SSSR count). The summed E-state index contributed by atoms with van der Waals surface area (Å²) in [5.41, 5.74) is 1.29. The van der Waals surface area contributed by atoms with Crippen LogP contribution in [0.1, 0.15) is 10.5 Å². The fourth-order valence-electron chi connectivity index (χ4n) is 1.95. The van der Waals surface area contributed by atoms with Gasteiger partial charge in [0.05, 0.1) is 29.8 Å². The van der Waals surface area contributed by atoms with Crippen LogP contribution in [0.4, 0.5) is 4.39 Å². The number of hydrogen-bond donors (Lipinski definition) is 0. The molecule has 3 heterocycles. The number of carbonyl (C=O) groups is 1. The second kappa shape index (κ2) is 4.16. The number of carbonyl (C=O) groups excluding carboxylic acids is 1. The van der Waals surface area contributed by atoms with Crippen molar-refractivity contribution in [2.45, 2.75) is 0 Å². The maximum absolute atomic E-state index is 13.2. The molecule has 3 aromatic heterocycles. The first-order valence-electron chi connectivity index (χ1n) is 5.45. The van der Waals surface area contributed by atoms with Crippen LogP contribution in [0.15, 0.2) is 42.9 Å². The van der Waals surface area contributed by atoms with Gasteiger partial charge in [0.25, 0.3) is 0 Å². The third kappa shape index (κ3) is 1.83.